The van der Waals surface area contributed by atoms with Crippen molar-refractivity contribution in [1.29, 1.82) is 0 Å². The first-order valence-electron chi connectivity index (χ1n) is 12.7. The van der Waals surface area contributed by atoms with E-state index in [1.165, 1.54) is 45.4 Å². The zero-order valence-electron chi connectivity index (χ0n) is 20.1. The van der Waals surface area contributed by atoms with Crippen LogP contribution < -0.4 is 0 Å². The molecule has 178 valence electrons. The van der Waals surface area contributed by atoms with Crippen LogP contribution in [0.25, 0.3) is 0 Å². The first kappa shape index (κ1) is 21.4. The van der Waals surface area contributed by atoms with Crippen molar-refractivity contribution in [2.75, 3.05) is 0 Å². The third-order valence-electron chi connectivity index (χ3n) is 11.0. The summed E-state index contributed by atoms with van der Waals surface area (Å²) in [6.45, 7) is 11.4. The maximum atomic E-state index is 12.6. The molecule has 0 N–H and O–H groups in total. The van der Waals surface area contributed by atoms with Crippen molar-refractivity contribution in [2.24, 2.45) is 39.9 Å². The highest BCUT2D eigenvalue weighted by atomic mass is 16.9. The third-order valence-corrected chi connectivity index (χ3v) is 11.0. The summed E-state index contributed by atoms with van der Waals surface area (Å²) in [4.78, 5) is 24.7. The van der Waals surface area contributed by atoms with Gasteiger partial charge in [-0.2, -0.15) is 0 Å². The van der Waals surface area contributed by atoms with E-state index in [0.717, 1.165) is 12.3 Å². The van der Waals surface area contributed by atoms with E-state index in [2.05, 4.69) is 27.7 Å². The highest BCUT2D eigenvalue weighted by molar-refractivity contribution is 5.87. The molecule has 0 amide bonds. The molecule has 3 saturated heterocycles. The van der Waals surface area contributed by atoms with Crippen LogP contribution in [-0.4, -0.2) is 36.2 Å². The normalized spacial score (nSPS) is 55.2. The molecule has 3 aliphatic heterocycles. The highest BCUT2D eigenvalue weighted by Crippen LogP contribution is 2.71. The fourth-order valence-electron chi connectivity index (χ4n) is 9.79. The van der Waals surface area contributed by atoms with Crippen LogP contribution in [0.4, 0.5) is 0 Å². The number of carbonyl (C=O) groups is 2. The number of hydrogen-bond donors (Lipinski definition) is 0. The van der Waals surface area contributed by atoms with E-state index in [0.29, 0.717) is 29.1 Å². The summed E-state index contributed by atoms with van der Waals surface area (Å²) in [7, 11) is 0. The van der Waals surface area contributed by atoms with Crippen molar-refractivity contribution in [1.82, 2.24) is 0 Å². The summed E-state index contributed by atoms with van der Waals surface area (Å²) in [6.07, 6.45) is 7.39. The summed E-state index contributed by atoms with van der Waals surface area (Å²) in [5.74, 6) is 1.06. The zero-order valence-corrected chi connectivity index (χ0v) is 20.1. The van der Waals surface area contributed by atoms with Crippen LogP contribution >= 0.6 is 0 Å². The molecule has 0 aromatic heterocycles. The molecular formula is C26H38O6. The first-order chi connectivity index (χ1) is 15.0. The Balaban J connectivity index is 1.39. The number of ether oxygens (including phenoxy) is 4. The Bertz CT molecular complexity index is 853. The molecule has 0 aromatic carbocycles. The molecule has 6 aliphatic rings. The first-order valence-corrected chi connectivity index (χ1v) is 12.7. The van der Waals surface area contributed by atoms with Gasteiger partial charge in [-0.05, 0) is 78.9 Å². The minimum absolute atomic E-state index is 0.122. The van der Waals surface area contributed by atoms with Gasteiger partial charge < -0.3 is 18.9 Å². The fraction of sp³-hybridized carbons (Fsp3) is 0.923. The molecule has 3 aliphatic carbocycles. The molecule has 1 spiro atoms. The molecule has 0 radical (unpaired) electrons. The van der Waals surface area contributed by atoms with Gasteiger partial charge in [0, 0.05) is 12.8 Å². The van der Waals surface area contributed by atoms with E-state index < -0.39 is 30.3 Å². The molecule has 6 rings (SSSR count). The van der Waals surface area contributed by atoms with Gasteiger partial charge in [0.1, 0.15) is 6.10 Å². The van der Waals surface area contributed by atoms with Gasteiger partial charge >= 0.3 is 11.9 Å². The lowest BCUT2D eigenvalue weighted by atomic mass is 9.38. The summed E-state index contributed by atoms with van der Waals surface area (Å²) in [5.41, 5.74) is -0.424. The fourth-order valence-corrected chi connectivity index (χ4v) is 9.79. The monoisotopic (exact) mass is 446 g/mol. The van der Waals surface area contributed by atoms with Crippen molar-refractivity contribution < 1.29 is 28.5 Å². The minimum Gasteiger partial charge on any atom is -0.459 e. The Kier molecular flexibility index (Phi) is 4.35. The SMILES string of the molecule is CC(=O)O[C@@H]1CC2C(CCC3[C@@]2(C)CCC2C(C)(C)CCC[C@@]23C)[C@H]2O[C@@H]3OC(=O)[C@]31O2. The lowest BCUT2D eigenvalue weighted by molar-refractivity contribution is -0.270. The molecule has 4 unspecified atom stereocenters. The van der Waals surface area contributed by atoms with E-state index in [-0.39, 0.29) is 17.3 Å². The summed E-state index contributed by atoms with van der Waals surface area (Å²) >= 11 is 0. The third kappa shape index (κ3) is 2.49. The lowest BCUT2D eigenvalue weighted by Crippen LogP contribution is -2.69. The number of rotatable bonds is 1. The summed E-state index contributed by atoms with van der Waals surface area (Å²) in [6, 6.07) is 0. The van der Waals surface area contributed by atoms with Crippen molar-refractivity contribution in [2.45, 2.75) is 110 Å². The number of esters is 2. The summed E-state index contributed by atoms with van der Waals surface area (Å²) < 4.78 is 23.5. The van der Waals surface area contributed by atoms with Gasteiger partial charge in [0.2, 0.25) is 6.29 Å². The van der Waals surface area contributed by atoms with Crippen LogP contribution in [0.3, 0.4) is 0 Å². The van der Waals surface area contributed by atoms with Gasteiger partial charge in [0.05, 0.1) is 0 Å². The second-order valence-corrected chi connectivity index (χ2v) is 12.8. The molecular weight excluding hydrogens is 408 g/mol. The highest BCUT2D eigenvalue weighted by Gasteiger charge is 2.76. The van der Waals surface area contributed by atoms with Crippen LogP contribution in [-0.2, 0) is 28.5 Å². The Morgan fingerprint density at radius 2 is 1.78 bits per heavy atom. The number of hydrogen-bond acceptors (Lipinski definition) is 6. The topological polar surface area (TPSA) is 71.1 Å². The number of fused-ring (bicyclic) bond motifs is 7. The van der Waals surface area contributed by atoms with E-state index in [4.69, 9.17) is 18.9 Å². The van der Waals surface area contributed by atoms with Gasteiger partial charge in [0.15, 0.2) is 6.29 Å². The van der Waals surface area contributed by atoms with Crippen molar-refractivity contribution in [3.05, 3.63) is 0 Å². The summed E-state index contributed by atoms with van der Waals surface area (Å²) in [5, 5.41) is 0. The van der Waals surface area contributed by atoms with Crippen molar-refractivity contribution >= 4 is 11.9 Å². The molecule has 10 atom stereocenters. The Labute approximate surface area is 191 Å². The maximum absolute atomic E-state index is 12.6. The number of carbonyl (C=O) groups excluding carboxylic acids is 2. The van der Waals surface area contributed by atoms with Gasteiger partial charge in [0.25, 0.3) is 5.60 Å². The van der Waals surface area contributed by atoms with Crippen molar-refractivity contribution in [3.8, 4) is 0 Å². The molecule has 0 aromatic rings. The van der Waals surface area contributed by atoms with Crippen LogP contribution in [0.15, 0.2) is 0 Å². The molecule has 6 nitrogen and oxygen atoms in total. The van der Waals surface area contributed by atoms with Gasteiger partial charge in [-0.15, -0.1) is 0 Å². The zero-order chi connectivity index (χ0) is 22.7. The van der Waals surface area contributed by atoms with E-state index >= 15 is 0 Å². The Morgan fingerprint density at radius 1 is 1.00 bits per heavy atom. The Hall–Kier alpha value is -1.14. The molecule has 6 heteroatoms. The van der Waals surface area contributed by atoms with Crippen LogP contribution in [0.2, 0.25) is 0 Å². The predicted molar refractivity (Wildman–Crippen MR) is 115 cm³/mol. The van der Waals surface area contributed by atoms with Crippen LogP contribution in [0.5, 0.6) is 0 Å². The smallest absolute Gasteiger partial charge is 0.351 e. The van der Waals surface area contributed by atoms with Crippen LogP contribution in [0.1, 0.15) is 86.0 Å². The van der Waals surface area contributed by atoms with E-state index in [1.807, 2.05) is 0 Å². The molecule has 3 heterocycles. The molecule has 3 saturated carbocycles. The molecule has 32 heavy (non-hydrogen) atoms. The van der Waals surface area contributed by atoms with Crippen LogP contribution in [0, 0.1) is 39.9 Å². The second-order valence-electron chi connectivity index (χ2n) is 12.8. The minimum atomic E-state index is -1.27. The van der Waals surface area contributed by atoms with Gasteiger partial charge in [-0.1, -0.05) is 34.1 Å². The van der Waals surface area contributed by atoms with E-state index in [1.54, 1.807) is 0 Å². The molecule has 6 fully saturated rings. The average molecular weight is 447 g/mol. The van der Waals surface area contributed by atoms with Gasteiger partial charge in [-0.3, -0.25) is 4.79 Å². The molecule has 2 bridgehead atoms. The second kappa shape index (κ2) is 6.50. The quantitative estimate of drug-likeness (QED) is 0.549. The van der Waals surface area contributed by atoms with Crippen molar-refractivity contribution in [3.63, 3.8) is 0 Å². The standard InChI is InChI=1S/C26H38O6/c1-14(27)29-19-13-16-15(20-30-22-26(19,32-20)21(28)31-22)7-8-18-24(16,4)12-9-17-23(2,3)10-6-11-25(17,18)5/h15-20,22H,6-13H2,1-5H3/t15?,16?,17?,18?,19-,20+,22-,24+,25+,26+/m1/s1. The maximum Gasteiger partial charge on any atom is 0.351 e. The van der Waals surface area contributed by atoms with E-state index in [9.17, 15) is 9.59 Å². The van der Waals surface area contributed by atoms with Gasteiger partial charge in [-0.25, -0.2) is 4.79 Å². The Morgan fingerprint density at radius 3 is 2.50 bits per heavy atom. The predicted octanol–water partition coefficient (Wildman–Crippen LogP) is 4.59. The lowest BCUT2D eigenvalue weighted by Gasteiger charge is -2.67. The largest absolute Gasteiger partial charge is 0.459 e. The average Bonchev–Trinajstić information content (AvgIpc) is 2.91.